The quantitative estimate of drug-likeness (QED) is 0.250. The van der Waals surface area contributed by atoms with E-state index in [4.69, 9.17) is 4.98 Å². The summed E-state index contributed by atoms with van der Waals surface area (Å²) in [7, 11) is 0. The van der Waals surface area contributed by atoms with Crippen molar-refractivity contribution in [2.75, 3.05) is 0 Å². The minimum atomic E-state index is -4.53. The van der Waals surface area contributed by atoms with Crippen LogP contribution in [0.25, 0.3) is 11.1 Å². The van der Waals surface area contributed by atoms with Crippen molar-refractivity contribution in [2.45, 2.75) is 64.1 Å². The smallest absolute Gasteiger partial charge is 0.298 e. The molecule has 38 heavy (non-hydrogen) atoms. The SMILES string of the molecule is Cc1ccccc1-c1cccnc1C(CC(=O)Cn1nc(C(F)(F)F)c2c1CCCC2)Cc1ccccc1. The highest BCUT2D eigenvalue weighted by molar-refractivity contribution is 5.80. The molecule has 1 unspecified atom stereocenters. The summed E-state index contributed by atoms with van der Waals surface area (Å²) in [5.41, 5.74) is 4.98. The Bertz CT molecular complexity index is 1430. The molecule has 2 heterocycles. The summed E-state index contributed by atoms with van der Waals surface area (Å²) >= 11 is 0. The van der Waals surface area contributed by atoms with Crippen molar-refractivity contribution >= 4 is 5.78 Å². The van der Waals surface area contributed by atoms with Crippen molar-refractivity contribution < 1.29 is 18.0 Å². The second-order valence-electron chi connectivity index (χ2n) is 10.0. The Kier molecular flexibility index (Phi) is 7.45. The Labute approximate surface area is 220 Å². The van der Waals surface area contributed by atoms with Gasteiger partial charge in [-0.25, -0.2) is 0 Å². The number of benzene rings is 2. The van der Waals surface area contributed by atoms with Gasteiger partial charge in [-0.3, -0.25) is 14.5 Å². The monoisotopic (exact) mass is 517 g/mol. The van der Waals surface area contributed by atoms with Crippen molar-refractivity contribution in [1.29, 1.82) is 0 Å². The summed E-state index contributed by atoms with van der Waals surface area (Å²) in [5.74, 6) is -0.397. The lowest BCUT2D eigenvalue weighted by Crippen LogP contribution is -2.19. The van der Waals surface area contributed by atoms with Gasteiger partial charge in [-0.2, -0.15) is 18.3 Å². The van der Waals surface area contributed by atoms with E-state index in [0.717, 1.165) is 34.4 Å². The first-order valence-corrected chi connectivity index (χ1v) is 13.0. The third-order valence-corrected chi connectivity index (χ3v) is 7.31. The predicted molar refractivity (Wildman–Crippen MR) is 141 cm³/mol. The van der Waals surface area contributed by atoms with Crippen LogP contribution < -0.4 is 0 Å². The molecule has 5 rings (SSSR count). The zero-order valence-corrected chi connectivity index (χ0v) is 21.3. The molecule has 0 saturated carbocycles. The number of alkyl halides is 3. The maximum absolute atomic E-state index is 13.7. The van der Waals surface area contributed by atoms with Crippen LogP contribution >= 0.6 is 0 Å². The van der Waals surface area contributed by atoms with E-state index >= 15 is 0 Å². The fourth-order valence-corrected chi connectivity index (χ4v) is 5.55. The van der Waals surface area contributed by atoms with Gasteiger partial charge in [-0.05, 0) is 61.8 Å². The minimum absolute atomic E-state index is 0.154. The number of carbonyl (C=O) groups is 1. The number of rotatable bonds is 8. The molecule has 0 N–H and O–H groups in total. The third kappa shape index (κ3) is 5.57. The third-order valence-electron chi connectivity index (χ3n) is 7.31. The maximum atomic E-state index is 13.7. The molecule has 1 aliphatic rings. The summed E-state index contributed by atoms with van der Waals surface area (Å²) < 4.78 is 42.3. The van der Waals surface area contributed by atoms with Crippen molar-refractivity contribution in [3.05, 3.63) is 107 Å². The van der Waals surface area contributed by atoms with Crippen LogP contribution in [0.3, 0.4) is 0 Å². The summed E-state index contributed by atoms with van der Waals surface area (Å²) in [6.07, 6.45) is 0.319. The number of ketones is 1. The van der Waals surface area contributed by atoms with E-state index in [1.54, 1.807) is 6.20 Å². The van der Waals surface area contributed by atoms with Gasteiger partial charge in [-0.15, -0.1) is 0 Å². The number of pyridine rings is 1. The van der Waals surface area contributed by atoms with Crippen molar-refractivity contribution in [3.63, 3.8) is 0 Å². The standard InChI is InChI=1S/C31H30F3N3O/c1-21-10-5-6-13-25(21)26-15-9-17-35-29(26)23(18-22-11-3-2-4-12-22)19-24(38)20-37-28-16-8-7-14-27(28)30(36-37)31(32,33)34/h2-6,9-13,15,17,23H,7-8,14,16,18-20H2,1H3. The lowest BCUT2D eigenvalue weighted by molar-refractivity contribution is -0.142. The van der Waals surface area contributed by atoms with E-state index in [1.807, 2.05) is 73.7 Å². The van der Waals surface area contributed by atoms with Crippen LogP contribution in [0.5, 0.6) is 0 Å². The molecule has 4 aromatic rings. The number of halogens is 3. The molecule has 0 bridgehead atoms. The number of nitrogens with zero attached hydrogens (tertiary/aromatic N) is 3. The molecule has 0 amide bonds. The zero-order chi connectivity index (χ0) is 26.7. The van der Waals surface area contributed by atoms with E-state index < -0.39 is 11.9 Å². The Hall–Kier alpha value is -3.74. The molecule has 196 valence electrons. The van der Waals surface area contributed by atoms with E-state index in [-0.39, 0.29) is 30.2 Å². The normalized spacial score (nSPS) is 14.2. The van der Waals surface area contributed by atoms with Crippen LogP contribution in [0.15, 0.2) is 72.9 Å². The highest BCUT2D eigenvalue weighted by Crippen LogP contribution is 2.37. The number of fused-ring (bicyclic) bond motifs is 1. The fraction of sp³-hybridized carbons (Fsp3) is 0.323. The number of aryl methyl sites for hydroxylation is 1. The van der Waals surface area contributed by atoms with E-state index in [2.05, 4.69) is 5.10 Å². The highest BCUT2D eigenvalue weighted by Gasteiger charge is 2.39. The second-order valence-corrected chi connectivity index (χ2v) is 10.0. The molecule has 2 aromatic carbocycles. The summed E-state index contributed by atoms with van der Waals surface area (Å²) in [6, 6.07) is 21.9. The number of hydrogen-bond donors (Lipinski definition) is 0. The van der Waals surface area contributed by atoms with Crippen molar-refractivity contribution in [2.24, 2.45) is 0 Å². The molecule has 0 saturated heterocycles. The van der Waals surface area contributed by atoms with Crippen molar-refractivity contribution in [1.82, 2.24) is 14.8 Å². The molecule has 0 fully saturated rings. The van der Waals surface area contributed by atoms with Gasteiger partial charge in [0.25, 0.3) is 0 Å². The zero-order valence-electron chi connectivity index (χ0n) is 21.3. The van der Waals surface area contributed by atoms with Crippen LogP contribution in [0.1, 0.15) is 59.0 Å². The number of hydrogen-bond acceptors (Lipinski definition) is 3. The molecule has 1 aliphatic carbocycles. The fourth-order valence-electron chi connectivity index (χ4n) is 5.55. The van der Waals surface area contributed by atoms with E-state index in [9.17, 15) is 18.0 Å². The predicted octanol–water partition coefficient (Wildman–Crippen LogP) is 7.14. The topological polar surface area (TPSA) is 47.8 Å². The first kappa shape index (κ1) is 25.9. The van der Waals surface area contributed by atoms with E-state index in [0.29, 0.717) is 31.4 Å². The lowest BCUT2D eigenvalue weighted by Gasteiger charge is -2.21. The molecule has 2 aromatic heterocycles. The minimum Gasteiger partial charge on any atom is -0.298 e. The molecular weight excluding hydrogens is 487 g/mol. The van der Waals surface area contributed by atoms with Gasteiger partial charge in [0.2, 0.25) is 0 Å². The molecule has 1 atom stereocenters. The van der Waals surface area contributed by atoms with Gasteiger partial charge in [0, 0.05) is 35.4 Å². The molecule has 0 radical (unpaired) electrons. The van der Waals surface area contributed by atoms with Gasteiger partial charge < -0.3 is 0 Å². The molecule has 0 aliphatic heterocycles. The van der Waals surface area contributed by atoms with Gasteiger partial charge in [-0.1, -0.05) is 60.7 Å². The first-order valence-electron chi connectivity index (χ1n) is 13.0. The van der Waals surface area contributed by atoms with Crippen LogP contribution in [0, 0.1) is 6.92 Å². The number of carbonyl (C=O) groups excluding carboxylic acids is 1. The molecular formula is C31H30F3N3O. The summed E-state index contributed by atoms with van der Waals surface area (Å²) in [6.45, 7) is 1.87. The van der Waals surface area contributed by atoms with Crippen LogP contribution in [0.2, 0.25) is 0 Å². The van der Waals surface area contributed by atoms with Crippen LogP contribution in [0.4, 0.5) is 13.2 Å². The summed E-state index contributed by atoms with van der Waals surface area (Å²) in [5, 5.41) is 3.90. The Morgan fingerprint density at radius 1 is 0.947 bits per heavy atom. The largest absolute Gasteiger partial charge is 0.435 e. The maximum Gasteiger partial charge on any atom is 0.435 e. The first-order chi connectivity index (χ1) is 18.3. The molecule has 4 nitrogen and oxygen atoms in total. The van der Waals surface area contributed by atoms with Gasteiger partial charge in [0.1, 0.15) is 0 Å². The highest BCUT2D eigenvalue weighted by atomic mass is 19.4. The van der Waals surface area contributed by atoms with E-state index in [1.165, 1.54) is 4.68 Å². The van der Waals surface area contributed by atoms with Crippen LogP contribution in [-0.2, 0) is 36.8 Å². The van der Waals surface area contributed by atoms with Gasteiger partial charge >= 0.3 is 6.18 Å². The lowest BCUT2D eigenvalue weighted by atomic mass is 9.86. The average molecular weight is 518 g/mol. The second kappa shape index (κ2) is 10.9. The van der Waals surface area contributed by atoms with Gasteiger partial charge in [0.05, 0.1) is 12.2 Å². The Balaban J connectivity index is 1.48. The number of Topliss-reactive ketones (excluding diaryl/α,β-unsaturated/α-hetero) is 1. The van der Waals surface area contributed by atoms with Crippen molar-refractivity contribution in [3.8, 4) is 11.1 Å². The van der Waals surface area contributed by atoms with Gasteiger partial charge in [0.15, 0.2) is 11.5 Å². The Morgan fingerprint density at radius 2 is 1.66 bits per heavy atom. The number of aromatic nitrogens is 3. The molecule has 0 spiro atoms. The van der Waals surface area contributed by atoms with Crippen LogP contribution in [-0.4, -0.2) is 20.5 Å². The average Bonchev–Trinajstić information content (AvgIpc) is 3.28. The molecule has 7 heteroatoms. The Morgan fingerprint density at radius 3 is 2.42 bits per heavy atom. The summed E-state index contributed by atoms with van der Waals surface area (Å²) in [4.78, 5) is 18.2.